The van der Waals surface area contributed by atoms with Gasteiger partial charge in [0.15, 0.2) is 0 Å². The summed E-state index contributed by atoms with van der Waals surface area (Å²) in [5.41, 5.74) is 7.80. The van der Waals surface area contributed by atoms with Crippen LogP contribution in [0.2, 0.25) is 0 Å². The van der Waals surface area contributed by atoms with Crippen LogP contribution in [0.3, 0.4) is 0 Å². The number of anilines is 2. The average molecular weight is 272 g/mol. The van der Waals surface area contributed by atoms with Crippen LogP contribution in [0, 0.1) is 5.82 Å². The van der Waals surface area contributed by atoms with Crippen LogP contribution < -0.4 is 10.6 Å². The van der Waals surface area contributed by atoms with E-state index in [1.807, 2.05) is 12.1 Å². The van der Waals surface area contributed by atoms with Crippen LogP contribution >= 0.6 is 0 Å². The minimum Gasteiger partial charge on any atom is -0.439 e. The van der Waals surface area contributed by atoms with Crippen molar-refractivity contribution in [1.82, 2.24) is 0 Å². The summed E-state index contributed by atoms with van der Waals surface area (Å²) in [6.07, 6.45) is -0.772. The van der Waals surface area contributed by atoms with E-state index in [0.29, 0.717) is 17.9 Å². The molecule has 1 saturated heterocycles. The van der Waals surface area contributed by atoms with E-state index in [4.69, 9.17) is 10.5 Å². The maximum Gasteiger partial charge on any atom is 0.415 e. The molecule has 0 bridgehead atoms. The molecule has 2 aromatic rings. The van der Waals surface area contributed by atoms with Crippen LogP contribution in [-0.2, 0) is 4.74 Å². The summed E-state index contributed by atoms with van der Waals surface area (Å²) < 4.78 is 18.2. The number of nitrogens with two attached hydrogens (primary N) is 1. The number of nitrogens with zero attached hydrogens (tertiary/aromatic N) is 1. The molecule has 0 saturated carbocycles. The van der Waals surface area contributed by atoms with Crippen molar-refractivity contribution in [1.29, 1.82) is 0 Å². The number of rotatable bonds is 2. The van der Waals surface area contributed by atoms with Crippen LogP contribution in [0.25, 0.3) is 0 Å². The minimum absolute atomic E-state index is 0.337. The van der Waals surface area contributed by atoms with Gasteiger partial charge in [0.1, 0.15) is 11.9 Å². The van der Waals surface area contributed by atoms with E-state index < -0.39 is 6.09 Å². The molecule has 5 heteroatoms. The molecule has 1 amide bonds. The van der Waals surface area contributed by atoms with E-state index >= 15 is 0 Å². The predicted molar refractivity (Wildman–Crippen MR) is 73.8 cm³/mol. The summed E-state index contributed by atoms with van der Waals surface area (Å²) in [5.74, 6) is -0.337. The lowest BCUT2D eigenvalue weighted by Crippen LogP contribution is -2.23. The topological polar surface area (TPSA) is 55.6 Å². The second-order valence-electron chi connectivity index (χ2n) is 4.63. The number of cyclic esters (lactones) is 1. The fourth-order valence-corrected chi connectivity index (χ4v) is 2.18. The zero-order valence-electron chi connectivity index (χ0n) is 10.6. The van der Waals surface area contributed by atoms with Crippen LogP contribution in [-0.4, -0.2) is 12.6 Å². The summed E-state index contributed by atoms with van der Waals surface area (Å²) >= 11 is 0. The Kier molecular flexibility index (Phi) is 3.02. The van der Waals surface area contributed by atoms with Crippen LogP contribution in [0.15, 0.2) is 48.5 Å². The second-order valence-corrected chi connectivity index (χ2v) is 4.63. The van der Waals surface area contributed by atoms with Gasteiger partial charge in [0.25, 0.3) is 0 Å². The molecule has 3 rings (SSSR count). The van der Waals surface area contributed by atoms with Gasteiger partial charge < -0.3 is 10.5 Å². The Hall–Kier alpha value is -2.56. The normalized spacial score (nSPS) is 18.1. The van der Waals surface area contributed by atoms with Crippen LogP contribution in [0.4, 0.5) is 20.6 Å². The standard InChI is InChI=1S/C15H13FN2O2/c16-11-3-7-13(8-4-11)18-9-14(20-15(18)19)10-1-5-12(17)6-2-10/h1-8,14H,9,17H2. The van der Waals surface area contributed by atoms with Gasteiger partial charge in [0.2, 0.25) is 0 Å². The molecule has 102 valence electrons. The van der Waals surface area contributed by atoms with Gasteiger partial charge in [-0.2, -0.15) is 0 Å². The third-order valence-corrected chi connectivity index (χ3v) is 3.26. The first-order chi connectivity index (χ1) is 9.63. The van der Waals surface area contributed by atoms with Crippen molar-refractivity contribution >= 4 is 17.5 Å². The lowest BCUT2D eigenvalue weighted by molar-refractivity contribution is 0.142. The van der Waals surface area contributed by atoms with E-state index in [0.717, 1.165) is 5.56 Å². The van der Waals surface area contributed by atoms with Gasteiger partial charge in [0, 0.05) is 11.4 Å². The molecule has 2 N–H and O–H groups in total. The Labute approximate surface area is 115 Å². The Morgan fingerprint density at radius 3 is 2.40 bits per heavy atom. The van der Waals surface area contributed by atoms with E-state index in [2.05, 4.69) is 0 Å². The molecule has 1 unspecified atom stereocenters. The summed E-state index contributed by atoms with van der Waals surface area (Å²) in [7, 11) is 0. The quantitative estimate of drug-likeness (QED) is 0.855. The molecule has 4 nitrogen and oxygen atoms in total. The highest BCUT2D eigenvalue weighted by molar-refractivity contribution is 5.89. The second kappa shape index (κ2) is 4.85. The van der Waals surface area contributed by atoms with Gasteiger partial charge >= 0.3 is 6.09 Å². The molecule has 1 aliphatic rings. The number of amides is 1. The fourth-order valence-electron chi connectivity index (χ4n) is 2.18. The number of nitrogen functional groups attached to an aromatic ring is 1. The van der Waals surface area contributed by atoms with Crippen molar-refractivity contribution in [3.63, 3.8) is 0 Å². The van der Waals surface area contributed by atoms with E-state index in [1.54, 1.807) is 24.3 Å². The molecular weight excluding hydrogens is 259 g/mol. The molecule has 2 aromatic carbocycles. The zero-order chi connectivity index (χ0) is 14.1. The molecule has 1 fully saturated rings. The minimum atomic E-state index is -0.432. The van der Waals surface area contributed by atoms with Gasteiger partial charge in [0.05, 0.1) is 6.54 Å². The summed E-state index contributed by atoms with van der Waals surface area (Å²) in [6.45, 7) is 0.397. The third kappa shape index (κ3) is 2.30. The van der Waals surface area contributed by atoms with E-state index in [1.165, 1.54) is 17.0 Å². The molecule has 1 aliphatic heterocycles. The third-order valence-electron chi connectivity index (χ3n) is 3.26. The smallest absolute Gasteiger partial charge is 0.415 e. The summed E-state index contributed by atoms with van der Waals surface area (Å²) in [4.78, 5) is 13.4. The van der Waals surface area contributed by atoms with Crippen molar-refractivity contribution in [3.8, 4) is 0 Å². The number of ether oxygens (including phenoxy) is 1. The highest BCUT2D eigenvalue weighted by atomic mass is 19.1. The first-order valence-corrected chi connectivity index (χ1v) is 6.22. The van der Waals surface area contributed by atoms with Crippen molar-refractivity contribution in [2.75, 3.05) is 17.2 Å². The summed E-state index contributed by atoms with van der Waals surface area (Å²) in [5, 5.41) is 0. The fraction of sp³-hybridized carbons (Fsp3) is 0.133. The first-order valence-electron chi connectivity index (χ1n) is 6.22. The SMILES string of the molecule is Nc1ccc(C2CN(c3ccc(F)cc3)C(=O)O2)cc1. The number of benzene rings is 2. The van der Waals surface area contributed by atoms with Crippen LogP contribution in [0.5, 0.6) is 0 Å². The van der Waals surface area contributed by atoms with E-state index in [-0.39, 0.29) is 11.9 Å². The Bertz CT molecular complexity index is 625. The van der Waals surface area contributed by atoms with Gasteiger partial charge in [-0.15, -0.1) is 0 Å². The number of carbonyl (C=O) groups excluding carboxylic acids is 1. The highest BCUT2D eigenvalue weighted by Crippen LogP contribution is 2.30. The predicted octanol–water partition coefficient (Wildman–Crippen LogP) is 3.11. The maximum atomic E-state index is 12.9. The number of halogens is 1. The van der Waals surface area contributed by atoms with Crippen LogP contribution in [0.1, 0.15) is 11.7 Å². The van der Waals surface area contributed by atoms with Crippen molar-refractivity contribution in [2.45, 2.75) is 6.10 Å². The Morgan fingerprint density at radius 1 is 1.10 bits per heavy atom. The Morgan fingerprint density at radius 2 is 1.75 bits per heavy atom. The molecule has 0 aromatic heterocycles. The average Bonchev–Trinajstić information content (AvgIpc) is 2.82. The molecule has 20 heavy (non-hydrogen) atoms. The molecule has 1 atom stereocenters. The van der Waals surface area contributed by atoms with Crippen molar-refractivity contribution in [3.05, 3.63) is 59.9 Å². The van der Waals surface area contributed by atoms with Gasteiger partial charge in [-0.05, 0) is 42.0 Å². The van der Waals surface area contributed by atoms with Gasteiger partial charge in [-0.25, -0.2) is 9.18 Å². The first kappa shape index (κ1) is 12.5. The molecular formula is C15H13FN2O2. The lowest BCUT2D eigenvalue weighted by Gasteiger charge is -2.12. The number of hydrogen-bond donors (Lipinski definition) is 1. The highest BCUT2D eigenvalue weighted by Gasteiger charge is 2.33. The molecule has 1 heterocycles. The molecule has 0 aliphatic carbocycles. The van der Waals surface area contributed by atoms with Crippen molar-refractivity contribution in [2.24, 2.45) is 0 Å². The zero-order valence-corrected chi connectivity index (χ0v) is 10.6. The molecule has 0 radical (unpaired) electrons. The molecule has 0 spiro atoms. The monoisotopic (exact) mass is 272 g/mol. The van der Waals surface area contributed by atoms with Gasteiger partial charge in [-0.3, -0.25) is 4.90 Å². The maximum absolute atomic E-state index is 12.9. The van der Waals surface area contributed by atoms with E-state index in [9.17, 15) is 9.18 Å². The largest absolute Gasteiger partial charge is 0.439 e. The number of hydrogen-bond acceptors (Lipinski definition) is 3. The number of carbonyl (C=O) groups is 1. The Balaban J connectivity index is 1.81. The summed E-state index contributed by atoms with van der Waals surface area (Å²) in [6, 6.07) is 13.0. The lowest BCUT2D eigenvalue weighted by atomic mass is 10.1. The van der Waals surface area contributed by atoms with Crippen molar-refractivity contribution < 1.29 is 13.9 Å². The van der Waals surface area contributed by atoms with Gasteiger partial charge in [-0.1, -0.05) is 12.1 Å².